The first kappa shape index (κ1) is 11.5. The van der Waals surface area contributed by atoms with Crippen LogP contribution in [-0.2, 0) is 4.79 Å². The van der Waals surface area contributed by atoms with Gasteiger partial charge in [0.15, 0.2) is 0 Å². The molecule has 1 aliphatic carbocycles. The highest BCUT2D eigenvalue weighted by Gasteiger charge is 2.45. The van der Waals surface area contributed by atoms with Gasteiger partial charge in [0.25, 0.3) is 0 Å². The van der Waals surface area contributed by atoms with Gasteiger partial charge in [0.1, 0.15) is 0 Å². The van der Waals surface area contributed by atoms with Crippen LogP contribution in [0.1, 0.15) is 39.0 Å². The largest absolute Gasteiger partial charge is 0.342 e. The summed E-state index contributed by atoms with van der Waals surface area (Å²) < 4.78 is 0. The van der Waals surface area contributed by atoms with Crippen molar-refractivity contribution < 1.29 is 4.79 Å². The molecule has 3 atom stereocenters. The maximum atomic E-state index is 12.3. The van der Waals surface area contributed by atoms with Crippen LogP contribution in [0.2, 0.25) is 0 Å². The summed E-state index contributed by atoms with van der Waals surface area (Å²) in [7, 11) is 0. The van der Waals surface area contributed by atoms with Gasteiger partial charge in [-0.05, 0) is 44.6 Å². The topological polar surface area (TPSA) is 32.3 Å². The summed E-state index contributed by atoms with van der Waals surface area (Å²) in [6.07, 6.45) is 6.23. The van der Waals surface area contributed by atoms with E-state index in [9.17, 15) is 4.79 Å². The smallest absolute Gasteiger partial charge is 0.225 e. The highest BCUT2D eigenvalue weighted by Crippen LogP contribution is 2.42. The van der Waals surface area contributed by atoms with Crippen LogP contribution in [0.3, 0.4) is 0 Å². The van der Waals surface area contributed by atoms with Crippen LogP contribution in [0.25, 0.3) is 0 Å². The summed E-state index contributed by atoms with van der Waals surface area (Å²) in [6, 6.07) is 0. The molecule has 3 unspecified atom stereocenters. The molecule has 0 aromatic carbocycles. The van der Waals surface area contributed by atoms with E-state index in [0.29, 0.717) is 23.2 Å². The van der Waals surface area contributed by atoms with Gasteiger partial charge in [0, 0.05) is 31.0 Å². The SMILES string of the molecule is CC1CC1C(=O)N1CCCC2(CCCNC2)C1. The lowest BCUT2D eigenvalue weighted by molar-refractivity contribution is -0.136. The lowest BCUT2D eigenvalue weighted by atomic mass is 9.74. The Labute approximate surface area is 104 Å². The first-order chi connectivity index (χ1) is 8.20. The number of rotatable bonds is 1. The van der Waals surface area contributed by atoms with Crippen LogP contribution in [0.15, 0.2) is 0 Å². The zero-order valence-electron chi connectivity index (χ0n) is 10.9. The third-order valence-corrected chi connectivity index (χ3v) is 4.96. The number of nitrogens with zero attached hydrogens (tertiary/aromatic N) is 1. The zero-order chi connectivity index (χ0) is 11.9. The summed E-state index contributed by atoms with van der Waals surface area (Å²) >= 11 is 0. The zero-order valence-corrected chi connectivity index (χ0v) is 10.9. The number of carbonyl (C=O) groups excluding carboxylic acids is 1. The molecule has 0 radical (unpaired) electrons. The molecule has 3 heteroatoms. The van der Waals surface area contributed by atoms with Crippen molar-refractivity contribution in [1.82, 2.24) is 10.2 Å². The Bertz CT molecular complexity index is 304. The molecule has 0 bridgehead atoms. The van der Waals surface area contributed by atoms with E-state index in [1.165, 1.54) is 25.7 Å². The molecule has 3 rings (SSSR count). The molecular weight excluding hydrogens is 212 g/mol. The van der Waals surface area contributed by atoms with Gasteiger partial charge in [0.05, 0.1) is 0 Å². The molecule has 1 N–H and O–H groups in total. The van der Waals surface area contributed by atoms with Crippen LogP contribution < -0.4 is 5.32 Å². The second-order valence-corrected chi connectivity index (χ2v) is 6.46. The molecule has 2 heterocycles. The van der Waals surface area contributed by atoms with Crippen LogP contribution in [0, 0.1) is 17.3 Å². The van der Waals surface area contributed by atoms with Crippen LogP contribution in [-0.4, -0.2) is 37.0 Å². The summed E-state index contributed by atoms with van der Waals surface area (Å²) in [4.78, 5) is 14.5. The maximum absolute atomic E-state index is 12.3. The van der Waals surface area contributed by atoms with Crippen molar-refractivity contribution in [3.63, 3.8) is 0 Å². The highest BCUT2D eigenvalue weighted by atomic mass is 16.2. The number of piperidine rings is 2. The number of likely N-dealkylation sites (tertiary alicyclic amines) is 1. The molecular formula is C14H24N2O. The molecule has 3 fully saturated rings. The molecule has 3 nitrogen and oxygen atoms in total. The minimum atomic E-state index is 0.363. The fraction of sp³-hybridized carbons (Fsp3) is 0.929. The fourth-order valence-corrected chi connectivity index (χ4v) is 3.68. The standard InChI is InChI=1S/C14H24N2O/c1-11-8-12(11)13(17)16-7-3-5-14(10-16)4-2-6-15-9-14/h11-12,15H,2-10H2,1H3. The van der Waals surface area contributed by atoms with Crippen molar-refractivity contribution in [2.24, 2.45) is 17.3 Å². The Morgan fingerprint density at radius 2 is 2.12 bits per heavy atom. The molecule has 1 spiro atoms. The van der Waals surface area contributed by atoms with Gasteiger partial charge < -0.3 is 10.2 Å². The van der Waals surface area contributed by atoms with Crippen molar-refractivity contribution in [3.8, 4) is 0 Å². The van der Waals surface area contributed by atoms with Gasteiger partial charge >= 0.3 is 0 Å². The van der Waals surface area contributed by atoms with E-state index in [-0.39, 0.29) is 0 Å². The lowest BCUT2D eigenvalue weighted by Crippen LogP contribution is -2.52. The van der Waals surface area contributed by atoms with E-state index >= 15 is 0 Å². The average molecular weight is 236 g/mol. The third kappa shape index (κ3) is 2.22. The Morgan fingerprint density at radius 1 is 1.35 bits per heavy atom. The predicted octanol–water partition coefficient (Wildman–Crippen LogP) is 1.63. The van der Waals surface area contributed by atoms with Gasteiger partial charge in [0.2, 0.25) is 5.91 Å². The Hall–Kier alpha value is -0.570. The summed E-state index contributed by atoms with van der Waals surface area (Å²) in [5, 5.41) is 3.52. The molecule has 2 aliphatic heterocycles. The summed E-state index contributed by atoms with van der Waals surface area (Å²) in [5.74, 6) is 1.45. The van der Waals surface area contributed by atoms with E-state index in [4.69, 9.17) is 0 Å². The number of nitrogens with one attached hydrogen (secondary N) is 1. The van der Waals surface area contributed by atoms with Crippen molar-refractivity contribution in [1.29, 1.82) is 0 Å². The molecule has 17 heavy (non-hydrogen) atoms. The minimum absolute atomic E-state index is 0.363. The van der Waals surface area contributed by atoms with Crippen LogP contribution in [0.4, 0.5) is 0 Å². The molecule has 96 valence electrons. The van der Waals surface area contributed by atoms with E-state index < -0.39 is 0 Å². The average Bonchev–Trinajstić information content (AvgIpc) is 3.06. The predicted molar refractivity (Wildman–Crippen MR) is 67.6 cm³/mol. The molecule has 3 aliphatic rings. The monoisotopic (exact) mass is 236 g/mol. The number of hydrogen-bond acceptors (Lipinski definition) is 2. The number of hydrogen-bond donors (Lipinski definition) is 1. The Kier molecular flexibility index (Phi) is 2.89. The second kappa shape index (κ2) is 4.27. The number of carbonyl (C=O) groups is 1. The normalized spacial score (nSPS) is 41.6. The van der Waals surface area contributed by atoms with E-state index in [1.54, 1.807) is 0 Å². The molecule has 1 saturated carbocycles. The lowest BCUT2D eigenvalue weighted by Gasteiger charge is -2.45. The van der Waals surface area contributed by atoms with Gasteiger partial charge in [-0.15, -0.1) is 0 Å². The van der Waals surface area contributed by atoms with Gasteiger partial charge in [-0.3, -0.25) is 4.79 Å². The second-order valence-electron chi connectivity index (χ2n) is 6.46. The van der Waals surface area contributed by atoms with Crippen LogP contribution in [0.5, 0.6) is 0 Å². The van der Waals surface area contributed by atoms with Crippen molar-refractivity contribution in [2.45, 2.75) is 39.0 Å². The molecule has 1 amide bonds. The maximum Gasteiger partial charge on any atom is 0.225 e. The molecule has 0 aromatic heterocycles. The van der Waals surface area contributed by atoms with Crippen molar-refractivity contribution in [2.75, 3.05) is 26.2 Å². The number of amides is 1. The summed E-state index contributed by atoms with van der Waals surface area (Å²) in [5.41, 5.74) is 0.407. The minimum Gasteiger partial charge on any atom is -0.342 e. The van der Waals surface area contributed by atoms with Crippen LogP contribution >= 0.6 is 0 Å². The van der Waals surface area contributed by atoms with Gasteiger partial charge in [-0.1, -0.05) is 6.92 Å². The fourth-order valence-electron chi connectivity index (χ4n) is 3.68. The first-order valence-corrected chi connectivity index (χ1v) is 7.20. The van der Waals surface area contributed by atoms with E-state index in [0.717, 1.165) is 32.6 Å². The van der Waals surface area contributed by atoms with E-state index in [1.807, 2.05) is 0 Å². The third-order valence-electron chi connectivity index (χ3n) is 4.96. The van der Waals surface area contributed by atoms with Crippen molar-refractivity contribution in [3.05, 3.63) is 0 Å². The molecule has 2 saturated heterocycles. The molecule has 0 aromatic rings. The summed E-state index contributed by atoms with van der Waals surface area (Å²) in [6.45, 7) is 6.50. The Balaban J connectivity index is 1.64. The Morgan fingerprint density at radius 3 is 2.76 bits per heavy atom. The van der Waals surface area contributed by atoms with Gasteiger partial charge in [-0.25, -0.2) is 0 Å². The van der Waals surface area contributed by atoms with Gasteiger partial charge in [-0.2, -0.15) is 0 Å². The highest BCUT2D eigenvalue weighted by molar-refractivity contribution is 5.81. The van der Waals surface area contributed by atoms with E-state index in [2.05, 4.69) is 17.1 Å². The van der Waals surface area contributed by atoms with Crippen molar-refractivity contribution >= 4 is 5.91 Å². The first-order valence-electron chi connectivity index (χ1n) is 7.20. The quantitative estimate of drug-likeness (QED) is 0.750.